The lowest BCUT2D eigenvalue weighted by molar-refractivity contribution is -0.384. The van der Waals surface area contributed by atoms with Gasteiger partial charge in [-0.25, -0.2) is 4.79 Å². The lowest BCUT2D eigenvalue weighted by atomic mass is 9.93. The van der Waals surface area contributed by atoms with Crippen LogP contribution in [-0.4, -0.2) is 33.7 Å². The number of nitro groups is 1. The van der Waals surface area contributed by atoms with Crippen molar-refractivity contribution >= 4 is 29.6 Å². The van der Waals surface area contributed by atoms with Crippen molar-refractivity contribution in [3.63, 3.8) is 0 Å². The second-order valence-electron chi connectivity index (χ2n) is 8.07. The Morgan fingerprint density at radius 3 is 2.48 bits per heavy atom. The predicted molar refractivity (Wildman–Crippen MR) is 119 cm³/mol. The Labute approximate surface area is 190 Å². The summed E-state index contributed by atoms with van der Waals surface area (Å²) in [6.45, 7) is 0.154. The van der Waals surface area contributed by atoms with Gasteiger partial charge in [-0.2, -0.15) is 0 Å². The van der Waals surface area contributed by atoms with E-state index < -0.39 is 22.8 Å². The molecule has 9 heteroatoms. The second kappa shape index (κ2) is 9.64. The summed E-state index contributed by atoms with van der Waals surface area (Å²) in [5, 5.41) is 13.2. The van der Waals surface area contributed by atoms with Crippen LogP contribution in [0.5, 0.6) is 5.75 Å². The van der Waals surface area contributed by atoms with Gasteiger partial charge in [0, 0.05) is 18.2 Å². The predicted octanol–water partition coefficient (Wildman–Crippen LogP) is 3.97. The van der Waals surface area contributed by atoms with E-state index in [1.165, 1.54) is 23.1 Å². The van der Waals surface area contributed by atoms with Crippen molar-refractivity contribution in [3.8, 4) is 5.75 Å². The van der Waals surface area contributed by atoms with Crippen LogP contribution in [0.25, 0.3) is 6.08 Å². The van der Waals surface area contributed by atoms with Crippen molar-refractivity contribution in [2.75, 3.05) is 0 Å². The van der Waals surface area contributed by atoms with E-state index >= 15 is 0 Å². The topological polar surface area (TPSA) is 119 Å². The van der Waals surface area contributed by atoms with E-state index in [2.05, 4.69) is 5.32 Å². The third kappa shape index (κ3) is 5.08. The summed E-state index contributed by atoms with van der Waals surface area (Å²) >= 11 is 0. The lowest BCUT2D eigenvalue weighted by Crippen LogP contribution is -2.58. The van der Waals surface area contributed by atoms with Crippen molar-refractivity contribution in [2.24, 2.45) is 0 Å². The van der Waals surface area contributed by atoms with E-state index in [1.54, 1.807) is 36.4 Å². The minimum Gasteiger partial charge on any atom is -0.489 e. The molecular weight excluding hydrogens is 426 g/mol. The van der Waals surface area contributed by atoms with Crippen LogP contribution in [0.2, 0.25) is 0 Å². The van der Waals surface area contributed by atoms with Gasteiger partial charge in [0.25, 0.3) is 17.5 Å². The van der Waals surface area contributed by atoms with Crippen molar-refractivity contribution in [2.45, 2.75) is 44.8 Å². The number of nitrogens with one attached hydrogen (secondary N) is 1. The van der Waals surface area contributed by atoms with Crippen LogP contribution >= 0.6 is 0 Å². The van der Waals surface area contributed by atoms with Crippen LogP contribution in [0.15, 0.2) is 54.1 Å². The number of carbonyl (C=O) groups is 3. The van der Waals surface area contributed by atoms with Crippen molar-refractivity contribution in [1.29, 1.82) is 0 Å². The Morgan fingerprint density at radius 2 is 1.79 bits per heavy atom. The second-order valence-corrected chi connectivity index (χ2v) is 8.07. The first kappa shape index (κ1) is 22.2. The first-order valence-electron chi connectivity index (χ1n) is 10.8. The fourth-order valence-electron chi connectivity index (χ4n) is 4.10. The molecule has 4 amide bonds. The average Bonchev–Trinajstić information content (AvgIpc) is 2.82. The van der Waals surface area contributed by atoms with E-state index in [9.17, 15) is 24.5 Å². The number of ether oxygens (including phenoxy) is 1. The molecule has 2 aromatic rings. The van der Waals surface area contributed by atoms with Crippen LogP contribution in [0.4, 0.5) is 10.5 Å². The maximum atomic E-state index is 13.0. The van der Waals surface area contributed by atoms with Gasteiger partial charge in [0.05, 0.1) is 4.92 Å². The van der Waals surface area contributed by atoms with Gasteiger partial charge in [-0.1, -0.05) is 43.5 Å². The van der Waals surface area contributed by atoms with Crippen LogP contribution in [0.3, 0.4) is 0 Å². The summed E-state index contributed by atoms with van der Waals surface area (Å²) in [5.74, 6) is -0.744. The van der Waals surface area contributed by atoms with E-state index in [0.29, 0.717) is 16.9 Å². The number of benzene rings is 2. The number of hydrogen-bond donors (Lipinski definition) is 1. The molecule has 2 aliphatic rings. The van der Waals surface area contributed by atoms with Gasteiger partial charge >= 0.3 is 6.03 Å². The highest BCUT2D eigenvalue weighted by Gasteiger charge is 2.40. The summed E-state index contributed by atoms with van der Waals surface area (Å²) in [4.78, 5) is 49.2. The third-order valence-corrected chi connectivity index (χ3v) is 5.79. The highest BCUT2D eigenvalue weighted by molar-refractivity contribution is 6.31. The Balaban J connectivity index is 1.45. The van der Waals surface area contributed by atoms with Gasteiger partial charge in [-0.15, -0.1) is 0 Å². The number of carbonyl (C=O) groups excluding carboxylic acids is 3. The van der Waals surface area contributed by atoms with Crippen molar-refractivity contribution in [1.82, 2.24) is 10.2 Å². The molecule has 1 saturated carbocycles. The van der Waals surface area contributed by atoms with E-state index in [1.807, 2.05) is 0 Å². The number of hydrogen-bond acceptors (Lipinski definition) is 6. The molecule has 4 rings (SSSR count). The van der Waals surface area contributed by atoms with Crippen molar-refractivity contribution < 1.29 is 24.0 Å². The van der Waals surface area contributed by atoms with Gasteiger partial charge < -0.3 is 4.74 Å². The molecule has 33 heavy (non-hydrogen) atoms. The smallest absolute Gasteiger partial charge is 0.331 e. The first-order valence-corrected chi connectivity index (χ1v) is 10.8. The first-order chi connectivity index (χ1) is 15.9. The number of imide groups is 2. The van der Waals surface area contributed by atoms with Crippen molar-refractivity contribution in [3.05, 3.63) is 75.3 Å². The number of nitro benzene ring substituents is 1. The molecule has 1 aliphatic carbocycles. The number of nitrogens with zero attached hydrogens (tertiary/aromatic N) is 2. The minimum atomic E-state index is -0.706. The number of urea groups is 1. The zero-order chi connectivity index (χ0) is 23.4. The van der Waals surface area contributed by atoms with E-state index in [0.717, 1.165) is 32.1 Å². The summed E-state index contributed by atoms with van der Waals surface area (Å²) in [6, 6.07) is 12.1. The molecular formula is C24H23N3O6. The monoisotopic (exact) mass is 449 g/mol. The highest BCUT2D eigenvalue weighted by atomic mass is 16.6. The standard InChI is InChI=1S/C24H23N3O6/c28-22-21(23(29)26(24(30)25-22)18-6-2-1-3-7-18)14-16-9-11-20(12-10-16)33-15-17-5-4-8-19(13-17)27(31)32/h4-5,8-14,18H,1-3,6-7,15H2,(H,25,28,30). The van der Waals surface area contributed by atoms with Gasteiger partial charge in [0.2, 0.25) is 0 Å². The molecule has 1 heterocycles. The Hall–Kier alpha value is -4.01. The fourth-order valence-corrected chi connectivity index (χ4v) is 4.10. The van der Waals surface area contributed by atoms with Crippen LogP contribution in [-0.2, 0) is 16.2 Å². The molecule has 1 saturated heterocycles. The van der Waals surface area contributed by atoms with E-state index in [4.69, 9.17) is 4.74 Å². The Bertz CT molecular complexity index is 1120. The normalized spacial score (nSPS) is 18.4. The zero-order valence-electron chi connectivity index (χ0n) is 17.9. The summed E-state index contributed by atoms with van der Waals surface area (Å²) in [6.07, 6.45) is 5.94. The highest BCUT2D eigenvalue weighted by Crippen LogP contribution is 2.26. The molecule has 170 valence electrons. The largest absolute Gasteiger partial charge is 0.489 e. The molecule has 2 aromatic carbocycles. The molecule has 0 atom stereocenters. The Kier molecular flexibility index (Phi) is 6.48. The van der Waals surface area contributed by atoms with E-state index in [-0.39, 0.29) is 23.9 Å². The summed E-state index contributed by atoms with van der Waals surface area (Å²) in [7, 11) is 0. The molecule has 0 aromatic heterocycles. The molecule has 0 unspecified atom stereocenters. The molecule has 9 nitrogen and oxygen atoms in total. The molecule has 0 bridgehead atoms. The number of non-ortho nitro benzene ring substituents is 1. The maximum absolute atomic E-state index is 13.0. The molecule has 1 N–H and O–H groups in total. The lowest BCUT2D eigenvalue weighted by Gasteiger charge is -2.35. The summed E-state index contributed by atoms with van der Waals surface area (Å²) in [5.41, 5.74) is 1.18. The van der Waals surface area contributed by atoms with Gasteiger partial charge in [-0.3, -0.25) is 29.9 Å². The molecule has 0 radical (unpaired) electrons. The van der Waals surface area contributed by atoms with Gasteiger partial charge in [0.1, 0.15) is 17.9 Å². The minimum absolute atomic E-state index is 0.00532. The van der Waals surface area contributed by atoms with Crippen LogP contribution in [0.1, 0.15) is 43.2 Å². The number of barbiturate groups is 1. The number of amides is 4. The molecule has 2 fully saturated rings. The Morgan fingerprint density at radius 1 is 1.06 bits per heavy atom. The average molecular weight is 449 g/mol. The van der Waals surface area contributed by atoms with Crippen LogP contribution < -0.4 is 10.1 Å². The molecule has 1 aliphatic heterocycles. The SMILES string of the molecule is O=C1NC(=O)N(C2CCCCC2)C(=O)C1=Cc1ccc(OCc2cccc([N+](=O)[O-])c2)cc1. The third-order valence-electron chi connectivity index (χ3n) is 5.79. The number of rotatable bonds is 6. The van der Waals surface area contributed by atoms with Gasteiger partial charge in [-0.05, 0) is 42.2 Å². The molecule has 0 spiro atoms. The maximum Gasteiger partial charge on any atom is 0.331 e. The fraction of sp³-hybridized carbons (Fsp3) is 0.292. The summed E-state index contributed by atoms with van der Waals surface area (Å²) < 4.78 is 5.68. The zero-order valence-corrected chi connectivity index (χ0v) is 17.9. The van der Waals surface area contributed by atoms with Crippen LogP contribution in [0, 0.1) is 10.1 Å². The van der Waals surface area contributed by atoms with Gasteiger partial charge in [0.15, 0.2) is 0 Å². The quantitative estimate of drug-likeness (QED) is 0.308.